The van der Waals surface area contributed by atoms with Crippen molar-refractivity contribution in [2.45, 2.75) is 31.6 Å². The van der Waals surface area contributed by atoms with Crippen LogP contribution in [0.3, 0.4) is 0 Å². The first kappa shape index (κ1) is 23.2. The number of carbonyl (C=O) groups is 3. The summed E-state index contributed by atoms with van der Waals surface area (Å²) >= 11 is 5.83. The molecular formula is C21H24ClN3O5. The van der Waals surface area contributed by atoms with Gasteiger partial charge in [-0.3, -0.25) is 9.59 Å². The van der Waals surface area contributed by atoms with E-state index < -0.39 is 30.1 Å². The van der Waals surface area contributed by atoms with E-state index in [1.165, 1.54) is 0 Å². The van der Waals surface area contributed by atoms with Gasteiger partial charge in [0.15, 0.2) is 0 Å². The number of hydrogen-bond acceptors (Lipinski definition) is 5. The van der Waals surface area contributed by atoms with Crippen LogP contribution in [0.2, 0.25) is 5.02 Å². The Hall–Kier alpha value is -3.10. The second kappa shape index (κ2) is 11.8. The lowest BCUT2D eigenvalue weighted by Gasteiger charge is -2.17. The summed E-state index contributed by atoms with van der Waals surface area (Å²) in [5.41, 5.74) is 6.95. The average Bonchev–Trinajstić information content (AvgIpc) is 2.72. The van der Waals surface area contributed by atoms with Gasteiger partial charge in [0.2, 0.25) is 11.8 Å². The van der Waals surface area contributed by atoms with E-state index >= 15 is 0 Å². The molecule has 0 heterocycles. The quantitative estimate of drug-likeness (QED) is 0.451. The maximum Gasteiger partial charge on any atom is 0.407 e. The highest BCUT2D eigenvalue weighted by molar-refractivity contribution is 6.30. The van der Waals surface area contributed by atoms with Crippen LogP contribution in [-0.4, -0.2) is 41.7 Å². The summed E-state index contributed by atoms with van der Waals surface area (Å²) in [7, 11) is 0. The molecule has 2 aromatic rings. The van der Waals surface area contributed by atoms with Crippen molar-refractivity contribution >= 4 is 29.5 Å². The lowest BCUT2D eigenvalue weighted by molar-refractivity contribution is -0.128. The Bertz CT molecular complexity index is 845. The van der Waals surface area contributed by atoms with Crippen LogP contribution in [0.25, 0.3) is 0 Å². The van der Waals surface area contributed by atoms with E-state index in [9.17, 15) is 19.5 Å². The van der Waals surface area contributed by atoms with Gasteiger partial charge in [0.25, 0.3) is 0 Å². The molecule has 0 fully saturated rings. The molecule has 2 rings (SSSR count). The summed E-state index contributed by atoms with van der Waals surface area (Å²) in [5, 5.41) is 15.4. The van der Waals surface area contributed by atoms with E-state index in [1.807, 2.05) is 30.3 Å². The first-order valence-electron chi connectivity index (χ1n) is 9.29. The number of amides is 3. The third kappa shape index (κ3) is 8.50. The van der Waals surface area contributed by atoms with Crippen LogP contribution in [0.4, 0.5) is 4.79 Å². The second-order valence-corrected chi connectivity index (χ2v) is 7.09. The van der Waals surface area contributed by atoms with Crippen LogP contribution in [0.15, 0.2) is 54.6 Å². The molecule has 0 saturated heterocycles. The van der Waals surface area contributed by atoms with Gasteiger partial charge in [-0.05, 0) is 23.3 Å². The number of aliphatic hydroxyl groups is 1. The Kier molecular flexibility index (Phi) is 9.11. The monoisotopic (exact) mass is 433 g/mol. The number of ether oxygens (including phenoxy) is 1. The molecule has 8 nitrogen and oxygen atoms in total. The molecule has 0 spiro atoms. The first-order chi connectivity index (χ1) is 14.3. The predicted octanol–water partition coefficient (Wildman–Crippen LogP) is 1.53. The van der Waals surface area contributed by atoms with Crippen LogP contribution in [0, 0.1) is 0 Å². The van der Waals surface area contributed by atoms with Crippen LogP contribution < -0.4 is 16.4 Å². The summed E-state index contributed by atoms with van der Waals surface area (Å²) in [5.74, 6) is -1.27. The molecule has 0 bridgehead atoms. The molecule has 0 aromatic heterocycles. The third-order valence-electron chi connectivity index (χ3n) is 4.15. The van der Waals surface area contributed by atoms with Gasteiger partial charge < -0.3 is 26.2 Å². The number of halogens is 1. The van der Waals surface area contributed by atoms with E-state index in [1.54, 1.807) is 24.3 Å². The van der Waals surface area contributed by atoms with Crippen molar-refractivity contribution < 1.29 is 24.2 Å². The maximum atomic E-state index is 12.1. The minimum absolute atomic E-state index is 0.0915. The molecular weight excluding hydrogens is 410 g/mol. The Morgan fingerprint density at radius 1 is 1.03 bits per heavy atom. The number of benzene rings is 2. The second-order valence-electron chi connectivity index (χ2n) is 6.65. The zero-order valence-electron chi connectivity index (χ0n) is 16.2. The molecule has 0 saturated carbocycles. The van der Waals surface area contributed by atoms with Crippen molar-refractivity contribution in [1.29, 1.82) is 0 Å². The van der Waals surface area contributed by atoms with Gasteiger partial charge in [0, 0.05) is 18.0 Å². The summed E-state index contributed by atoms with van der Waals surface area (Å²) in [4.78, 5) is 35.5. The van der Waals surface area contributed by atoms with E-state index in [4.69, 9.17) is 22.1 Å². The smallest absolute Gasteiger partial charge is 0.407 e. The molecule has 3 amide bonds. The fourth-order valence-corrected chi connectivity index (χ4v) is 2.72. The van der Waals surface area contributed by atoms with Crippen molar-refractivity contribution in [3.63, 3.8) is 0 Å². The standard InChI is InChI=1S/C21H24ClN3O5/c22-16-8-6-14(7-9-16)10-18(20(23)28)25-19(27)11-17(26)12-24-21(29)30-13-15-4-2-1-3-5-15/h1-9,17-18,26H,10-13H2,(H2,23,28)(H,24,29)(H,25,27)/t17-,18-/m0/s1. The van der Waals surface area contributed by atoms with Gasteiger partial charge in [-0.15, -0.1) is 0 Å². The molecule has 0 aliphatic carbocycles. The van der Waals surface area contributed by atoms with Gasteiger partial charge >= 0.3 is 6.09 Å². The number of carbonyl (C=O) groups excluding carboxylic acids is 3. The van der Waals surface area contributed by atoms with E-state index in [-0.39, 0.29) is 26.0 Å². The molecule has 160 valence electrons. The number of nitrogens with one attached hydrogen (secondary N) is 2. The van der Waals surface area contributed by atoms with Crippen molar-refractivity contribution in [2.75, 3.05) is 6.54 Å². The molecule has 0 aliphatic heterocycles. The minimum Gasteiger partial charge on any atom is -0.445 e. The molecule has 0 radical (unpaired) electrons. The van der Waals surface area contributed by atoms with E-state index in [0.29, 0.717) is 5.02 Å². The Balaban J connectivity index is 1.73. The molecule has 5 N–H and O–H groups in total. The average molecular weight is 434 g/mol. The zero-order valence-corrected chi connectivity index (χ0v) is 17.0. The van der Waals surface area contributed by atoms with Crippen molar-refractivity contribution in [3.8, 4) is 0 Å². The topological polar surface area (TPSA) is 131 Å². The lowest BCUT2D eigenvalue weighted by Crippen LogP contribution is -2.47. The highest BCUT2D eigenvalue weighted by Gasteiger charge is 2.20. The Morgan fingerprint density at radius 2 is 1.70 bits per heavy atom. The molecule has 2 aromatic carbocycles. The van der Waals surface area contributed by atoms with E-state index in [0.717, 1.165) is 11.1 Å². The largest absolute Gasteiger partial charge is 0.445 e. The molecule has 30 heavy (non-hydrogen) atoms. The van der Waals surface area contributed by atoms with Crippen molar-refractivity contribution in [3.05, 3.63) is 70.7 Å². The number of primary amides is 1. The predicted molar refractivity (Wildman–Crippen MR) is 112 cm³/mol. The third-order valence-corrected chi connectivity index (χ3v) is 4.40. The van der Waals surface area contributed by atoms with Gasteiger partial charge in [0.05, 0.1) is 12.5 Å². The summed E-state index contributed by atoms with van der Waals surface area (Å²) in [6, 6.07) is 15.0. The first-order valence-corrected chi connectivity index (χ1v) is 9.67. The van der Waals surface area contributed by atoms with Crippen LogP contribution >= 0.6 is 11.6 Å². The maximum absolute atomic E-state index is 12.1. The molecule has 0 aliphatic rings. The van der Waals surface area contributed by atoms with Gasteiger partial charge in [-0.1, -0.05) is 54.1 Å². The molecule has 2 atom stereocenters. The van der Waals surface area contributed by atoms with Crippen molar-refractivity contribution in [1.82, 2.24) is 10.6 Å². The fraction of sp³-hybridized carbons (Fsp3) is 0.286. The number of hydrogen-bond donors (Lipinski definition) is 4. The molecule has 0 unspecified atom stereocenters. The Morgan fingerprint density at radius 3 is 2.33 bits per heavy atom. The number of rotatable bonds is 10. The highest BCUT2D eigenvalue weighted by Crippen LogP contribution is 2.11. The summed E-state index contributed by atoms with van der Waals surface area (Å²) in [6.45, 7) is -0.0896. The van der Waals surface area contributed by atoms with Crippen LogP contribution in [-0.2, 0) is 27.4 Å². The van der Waals surface area contributed by atoms with Gasteiger partial charge in [0.1, 0.15) is 12.6 Å². The van der Waals surface area contributed by atoms with Crippen LogP contribution in [0.1, 0.15) is 17.5 Å². The van der Waals surface area contributed by atoms with Gasteiger partial charge in [-0.2, -0.15) is 0 Å². The number of nitrogens with two attached hydrogens (primary N) is 1. The summed E-state index contributed by atoms with van der Waals surface area (Å²) in [6.07, 6.45) is -1.99. The fourth-order valence-electron chi connectivity index (χ4n) is 2.59. The number of alkyl carbamates (subject to hydrolysis) is 1. The van der Waals surface area contributed by atoms with E-state index in [2.05, 4.69) is 10.6 Å². The normalized spacial score (nSPS) is 12.5. The van der Waals surface area contributed by atoms with Gasteiger partial charge in [-0.25, -0.2) is 4.79 Å². The van der Waals surface area contributed by atoms with Crippen molar-refractivity contribution in [2.24, 2.45) is 5.73 Å². The number of aliphatic hydroxyl groups excluding tert-OH is 1. The Labute approximate surface area is 179 Å². The highest BCUT2D eigenvalue weighted by atomic mass is 35.5. The SMILES string of the molecule is NC(=O)[C@H](Cc1ccc(Cl)cc1)NC(=O)C[C@H](O)CNC(=O)OCc1ccccc1. The minimum atomic E-state index is -1.15. The lowest BCUT2D eigenvalue weighted by atomic mass is 10.1. The molecule has 9 heteroatoms. The zero-order chi connectivity index (χ0) is 21.9. The summed E-state index contributed by atoms with van der Waals surface area (Å²) < 4.78 is 5.02. The van der Waals surface area contributed by atoms with Crippen LogP contribution in [0.5, 0.6) is 0 Å².